The van der Waals surface area contributed by atoms with Crippen LogP contribution in [0, 0.1) is 17.8 Å². The van der Waals surface area contributed by atoms with Crippen LogP contribution in [0.5, 0.6) is 0 Å². The molecule has 0 aromatic carbocycles. The standard InChI is InChI=1S/C19H36N2/c1-4-8-16-11-18(16)21-13-17(15-9-6-5-7-10-15)20-12-19(21)14(2)3/h14-20H,4-13H2,1-3H3. The van der Waals surface area contributed by atoms with Crippen LogP contribution >= 0.6 is 0 Å². The summed E-state index contributed by atoms with van der Waals surface area (Å²) in [6.45, 7) is 9.74. The summed E-state index contributed by atoms with van der Waals surface area (Å²) in [5.41, 5.74) is 0. The van der Waals surface area contributed by atoms with Gasteiger partial charge in [0.2, 0.25) is 0 Å². The molecule has 0 aromatic rings. The summed E-state index contributed by atoms with van der Waals surface area (Å²) in [5.74, 6) is 2.76. The van der Waals surface area contributed by atoms with E-state index in [1.807, 2.05) is 0 Å². The molecule has 1 aliphatic heterocycles. The molecule has 3 fully saturated rings. The summed E-state index contributed by atoms with van der Waals surface area (Å²) in [6, 6.07) is 2.48. The number of rotatable bonds is 5. The Balaban J connectivity index is 1.61. The van der Waals surface area contributed by atoms with Gasteiger partial charge in [-0.3, -0.25) is 4.90 Å². The van der Waals surface area contributed by atoms with Crippen LogP contribution < -0.4 is 5.32 Å². The SMILES string of the molecule is CCCC1CC1N1CC(C2CCCCC2)NCC1C(C)C. The van der Waals surface area contributed by atoms with E-state index < -0.39 is 0 Å². The molecule has 0 bridgehead atoms. The summed E-state index contributed by atoms with van der Waals surface area (Å²) in [5, 5.41) is 3.94. The van der Waals surface area contributed by atoms with Crippen LogP contribution in [-0.2, 0) is 0 Å². The second-order valence-corrected chi connectivity index (χ2v) is 8.27. The second kappa shape index (κ2) is 7.00. The normalized spacial score (nSPS) is 38.9. The third kappa shape index (κ3) is 3.64. The van der Waals surface area contributed by atoms with E-state index in [1.165, 1.54) is 64.5 Å². The monoisotopic (exact) mass is 292 g/mol. The Morgan fingerprint density at radius 3 is 2.57 bits per heavy atom. The molecule has 2 nitrogen and oxygen atoms in total. The fourth-order valence-electron chi connectivity index (χ4n) is 4.99. The lowest BCUT2D eigenvalue weighted by Crippen LogP contribution is -2.61. The van der Waals surface area contributed by atoms with E-state index >= 15 is 0 Å². The minimum absolute atomic E-state index is 0.775. The van der Waals surface area contributed by atoms with Gasteiger partial charge in [-0.25, -0.2) is 0 Å². The van der Waals surface area contributed by atoms with Crippen molar-refractivity contribution in [1.29, 1.82) is 0 Å². The highest BCUT2D eigenvalue weighted by atomic mass is 15.3. The zero-order valence-corrected chi connectivity index (χ0v) is 14.5. The summed E-state index contributed by atoms with van der Waals surface area (Å²) >= 11 is 0. The molecule has 3 rings (SSSR count). The van der Waals surface area contributed by atoms with Crippen molar-refractivity contribution in [3.05, 3.63) is 0 Å². The molecule has 0 spiro atoms. The Kier molecular flexibility index (Phi) is 5.27. The molecule has 2 heteroatoms. The summed E-state index contributed by atoms with van der Waals surface area (Å²) in [6.07, 6.45) is 11.7. The van der Waals surface area contributed by atoms with E-state index in [1.54, 1.807) is 0 Å². The quantitative estimate of drug-likeness (QED) is 0.822. The maximum Gasteiger partial charge on any atom is 0.0247 e. The topological polar surface area (TPSA) is 15.3 Å². The van der Waals surface area contributed by atoms with Crippen LogP contribution in [-0.4, -0.2) is 36.1 Å². The molecule has 0 amide bonds. The highest BCUT2D eigenvalue weighted by molar-refractivity contribution is 5.02. The van der Waals surface area contributed by atoms with Crippen molar-refractivity contribution in [2.45, 2.75) is 90.3 Å². The average molecular weight is 293 g/mol. The second-order valence-electron chi connectivity index (χ2n) is 8.27. The molecule has 4 unspecified atom stereocenters. The van der Waals surface area contributed by atoms with E-state index in [9.17, 15) is 0 Å². The van der Waals surface area contributed by atoms with Gasteiger partial charge in [-0.15, -0.1) is 0 Å². The number of nitrogens with zero attached hydrogens (tertiary/aromatic N) is 1. The van der Waals surface area contributed by atoms with Crippen molar-refractivity contribution in [2.24, 2.45) is 17.8 Å². The van der Waals surface area contributed by atoms with Crippen LogP contribution in [0.1, 0.15) is 72.1 Å². The first kappa shape index (κ1) is 15.8. The molecule has 0 aromatic heterocycles. The molecule has 3 aliphatic rings. The first-order valence-electron chi connectivity index (χ1n) is 9.69. The number of piperazine rings is 1. The zero-order chi connectivity index (χ0) is 14.8. The van der Waals surface area contributed by atoms with Gasteiger partial charge in [0, 0.05) is 31.2 Å². The van der Waals surface area contributed by atoms with Crippen LogP contribution in [0.25, 0.3) is 0 Å². The summed E-state index contributed by atoms with van der Waals surface area (Å²) in [4.78, 5) is 2.93. The van der Waals surface area contributed by atoms with E-state index in [0.29, 0.717) is 0 Å². The Morgan fingerprint density at radius 2 is 1.90 bits per heavy atom. The van der Waals surface area contributed by atoms with Gasteiger partial charge in [0.15, 0.2) is 0 Å². The van der Waals surface area contributed by atoms with Gasteiger partial charge in [0.25, 0.3) is 0 Å². The first-order valence-corrected chi connectivity index (χ1v) is 9.69. The van der Waals surface area contributed by atoms with Crippen LogP contribution in [0.4, 0.5) is 0 Å². The molecule has 1 saturated heterocycles. The van der Waals surface area contributed by atoms with Gasteiger partial charge < -0.3 is 5.32 Å². The largest absolute Gasteiger partial charge is 0.311 e. The van der Waals surface area contributed by atoms with Crippen molar-refractivity contribution in [2.75, 3.05) is 13.1 Å². The molecule has 4 atom stereocenters. The molecule has 21 heavy (non-hydrogen) atoms. The highest BCUT2D eigenvalue weighted by Crippen LogP contribution is 2.42. The van der Waals surface area contributed by atoms with Gasteiger partial charge >= 0.3 is 0 Å². The van der Waals surface area contributed by atoms with Crippen molar-refractivity contribution in [3.8, 4) is 0 Å². The predicted octanol–water partition coefficient (Wildman–Crippen LogP) is 4.05. The van der Waals surface area contributed by atoms with Crippen LogP contribution in [0.2, 0.25) is 0 Å². The van der Waals surface area contributed by atoms with Gasteiger partial charge in [0.05, 0.1) is 0 Å². The minimum atomic E-state index is 0.775. The predicted molar refractivity (Wildman–Crippen MR) is 90.5 cm³/mol. The maximum absolute atomic E-state index is 3.94. The van der Waals surface area contributed by atoms with Crippen molar-refractivity contribution >= 4 is 0 Å². The Labute approximate surface area is 132 Å². The average Bonchev–Trinajstić information content (AvgIpc) is 3.27. The molecular weight excluding hydrogens is 256 g/mol. The number of hydrogen-bond donors (Lipinski definition) is 1. The molecule has 0 radical (unpaired) electrons. The van der Waals surface area contributed by atoms with E-state index in [4.69, 9.17) is 0 Å². The van der Waals surface area contributed by atoms with Crippen LogP contribution in [0.15, 0.2) is 0 Å². The van der Waals surface area contributed by atoms with Gasteiger partial charge in [-0.2, -0.15) is 0 Å². The first-order chi connectivity index (χ1) is 10.2. The molecular formula is C19H36N2. The third-order valence-corrected chi connectivity index (χ3v) is 6.38. The van der Waals surface area contributed by atoms with Gasteiger partial charge in [-0.1, -0.05) is 46.5 Å². The fourth-order valence-corrected chi connectivity index (χ4v) is 4.99. The minimum Gasteiger partial charge on any atom is -0.311 e. The molecule has 2 saturated carbocycles. The lowest BCUT2D eigenvalue weighted by Gasteiger charge is -2.46. The Hall–Kier alpha value is -0.0800. The molecule has 1 heterocycles. The molecule has 122 valence electrons. The van der Waals surface area contributed by atoms with Gasteiger partial charge in [-0.05, 0) is 43.4 Å². The van der Waals surface area contributed by atoms with Crippen LogP contribution in [0.3, 0.4) is 0 Å². The number of hydrogen-bond acceptors (Lipinski definition) is 2. The Morgan fingerprint density at radius 1 is 1.14 bits per heavy atom. The van der Waals surface area contributed by atoms with E-state index in [2.05, 4.69) is 31.0 Å². The third-order valence-electron chi connectivity index (χ3n) is 6.38. The van der Waals surface area contributed by atoms with Crippen molar-refractivity contribution in [3.63, 3.8) is 0 Å². The number of nitrogens with one attached hydrogen (secondary N) is 1. The van der Waals surface area contributed by atoms with Crippen molar-refractivity contribution < 1.29 is 0 Å². The molecule has 2 aliphatic carbocycles. The van der Waals surface area contributed by atoms with Crippen molar-refractivity contribution in [1.82, 2.24) is 10.2 Å². The lowest BCUT2D eigenvalue weighted by molar-refractivity contribution is 0.0609. The summed E-state index contributed by atoms with van der Waals surface area (Å²) in [7, 11) is 0. The van der Waals surface area contributed by atoms with E-state index in [0.717, 1.165) is 35.9 Å². The lowest BCUT2D eigenvalue weighted by atomic mass is 9.82. The van der Waals surface area contributed by atoms with E-state index in [-0.39, 0.29) is 0 Å². The molecule has 1 N–H and O–H groups in total. The Bertz CT molecular complexity index is 322. The fraction of sp³-hybridized carbons (Fsp3) is 1.00. The van der Waals surface area contributed by atoms with Gasteiger partial charge in [0.1, 0.15) is 0 Å². The zero-order valence-electron chi connectivity index (χ0n) is 14.5. The summed E-state index contributed by atoms with van der Waals surface area (Å²) < 4.78 is 0. The highest BCUT2D eigenvalue weighted by Gasteiger charge is 2.46. The smallest absolute Gasteiger partial charge is 0.0247 e. The maximum atomic E-state index is 3.94.